The number of amides is 3. The molecule has 3 amide bonds. The molecule has 1 aromatic heterocycles. The van der Waals surface area contributed by atoms with Crippen LogP contribution in [0.25, 0.3) is 0 Å². The van der Waals surface area contributed by atoms with Crippen molar-refractivity contribution in [3.8, 4) is 0 Å². The maximum absolute atomic E-state index is 11.7. The minimum absolute atomic E-state index is 0.000557. The maximum atomic E-state index is 11.7. The number of halogens is 1. The molecule has 23 heavy (non-hydrogen) atoms. The lowest BCUT2D eigenvalue weighted by atomic mass is 10.1. The minimum atomic E-state index is -0.571. The molecule has 2 aromatic rings. The van der Waals surface area contributed by atoms with Crippen LogP contribution in [-0.4, -0.2) is 18.5 Å². The molecule has 1 heterocycles. The second-order valence-corrected chi connectivity index (χ2v) is 5.34. The van der Waals surface area contributed by atoms with Crippen LogP contribution < -0.4 is 16.0 Å². The molecule has 2 rings (SSSR count). The molecule has 6 nitrogen and oxygen atoms in total. The van der Waals surface area contributed by atoms with Gasteiger partial charge in [0.15, 0.2) is 0 Å². The summed E-state index contributed by atoms with van der Waals surface area (Å²) >= 11 is 6.10. The van der Waals surface area contributed by atoms with Gasteiger partial charge in [-0.3, -0.25) is 10.1 Å². The van der Waals surface area contributed by atoms with Crippen LogP contribution in [0, 0.1) is 0 Å². The van der Waals surface area contributed by atoms with Crippen LogP contribution in [0.5, 0.6) is 0 Å². The summed E-state index contributed by atoms with van der Waals surface area (Å²) < 4.78 is 5.08. The first-order valence-corrected chi connectivity index (χ1v) is 7.52. The van der Waals surface area contributed by atoms with Crippen molar-refractivity contribution in [2.24, 2.45) is 0 Å². The number of imide groups is 1. The molecule has 0 aliphatic rings. The Hall–Kier alpha value is -2.31. The van der Waals surface area contributed by atoms with Crippen molar-refractivity contribution < 1.29 is 14.0 Å². The lowest BCUT2D eigenvalue weighted by molar-refractivity contribution is -0.119. The summed E-state index contributed by atoms with van der Waals surface area (Å²) in [6, 6.07) is 10.2. The predicted molar refractivity (Wildman–Crippen MR) is 87.0 cm³/mol. The summed E-state index contributed by atoms with van der Waals surface area (Å²) in [5.74, 6) is 0.180. The van der Waals surface area contributed by atoms with Crippen molar-refractivity contribution in [2.75, 3.05) is 6.54 Å². The zero-order chi connectivity index (χ0) is 16.7. The van der Waals surface area contributed by atoms with E-state index >= 15 is 0 Å². The van der Waals surface area contributed by atoms with Crippen LogP contribution in [0.1, 0.15) is 24.3 Å². The van der Waals surface area contributed by atoms with Gasteiger partial charge in [0.25, 0.3) is 0 Å². The third-order valence-electron chi connectivity index (χ3n) is 3.20. The number of carbonyl (C=O) groups excluding carboxylic acids is 2. The average Bonchev–Trinajstić information content (AvgIpc) is 3.04. The Kier molecular flexibility index (Phi) is 6.19. The molecular weight excluding hydrogens is 318 g/mol. The first kappa shape index (κ1) is 17.1. The third-order valence-corrected chi connectivity index (χ3v) is 3.54. The summed E-state index contributed by atoms with van der Waals surface area (Å²) in [5, 5.41) is 8.42. The average molecular weight is 336 g/mol. The summed E-state index contributed by atoms with van der Waals surface area (Å²) in [7, 11) is 0. The normalized spacial score (nSPS) is 11.7. The van der Waals surface area contributed by atoms with Gasteiger partial charge >= 0.3 is 6.03 Å². The number of benzene rings is 1. The summed E-state index contributed by atoms with van der Waals surface area (Å²) in [6.45, 7) is 2.11. The standard InChI is InChI=1S/C16H18ClN3O3/c1-11(13-6-2-3-7-14(13)17)18-10-15(21)20-16(22)19-9-12-5-4-8-23-12/h2-8,11,18H,9-10H2,1H3,(H2,19,20,21,22)/t11-/m0/s1. The monoisotopic (exact) mass is 335 g/mol. The SMILES string of the molecule is C[C@H](NCC(=O)NC(=O)NCc1ccco1)c1ccccc1Cl. The Morgan fingerprint density at radius 2 is 2.00 bits per heavy atom. The number of carbonyl (C=O) groups is 2. The molecule has 0 radical (unpaired) electrons. The van der Waals surface area contributed by atoms with E-state index in [1.165, 1.54) is 6.26 Å². The van der Waals surface area contributed by atoms with E-state index in [-0.39, 0.29) is 19.1 Å². The first-order valence-electron chi connectivity index (χ1n) is 7.14. The zero-order valence-corrected chi connectivity index (χ0v) is 13.4. The first-order chi connectivity index (χ1) is 11.1. The van der Waals surface area contributed by atoms with Gasteiger partial charge in [0, 0.05) is 11.1 Å². The highest BCUT2D eigenvalue weighted by atomic mass is 35.5. The van der Waals surface area contributed by atoms with Crippen molar-refractivity contribution >= 4 is 23.5 Å². The molecule has 1 atom stereocenters. The summed E-state index contributed by atoms with van der Waals surface area (Å²) in [5.41, 5.74) is 0.893. The van der Waals surface area contributed by atoms with E-state index in [4.69, 9.17) is 16.0 Å². The summed E-state index contributed by atoms with van der Waals surface area (Å²) in [6.07, 6.45) is 1.51. The fraction of sp³-hybridized carbons (Fsp3) is 0.250. The van der Waals surface area contributed by atoms with Gasteiger partial charge in [0.2, 0.25) is 5.91 Å². The molecule has 7 heteroatoms. The molecule has 1 aromatic carbocycles. The molecule has 0 fully saturated rings. The molecule has 122 valence electrons. The zero-order valence-electron chi connectivity index (χ0n) is 12.6. The predicted octanol–water partition coefficient (Wildman–Crippen LogP) is 2.61. The third kappa shape index (κ3) is 5.43. The second-order valence-electron chi connectivity index (χ2n) is 4.93. The second kappa shape index (κ2) is 8.36. The molecule has 0 aliphatic heterocycles. The van der Waals surface area contributed by atoms with Gasteiger partial charge in [-0.2, -0.15) is 0 Å². The van der Waals surface area contributed by atoms with Gasteiger partial charge in [-0.05, 0) is 30.7 Å². The van der Waals surface area contributed by atoms with Crippen LogP contribution >= 0.6 is 11.6 Å². The molecule has 3 N–H and O–H groups in total. The van der Waals surface area contributed by atoms with Crippen molar-refractivity contribution in [2.45, 2.75) is 19.5 Å². The number of hydrogen-bond acceptors (Lipinski definition) is 4. The molecule has 0 saturated carbocycles. The van der Waals surface area contributed by atoms with Gasteiger partial charge in [0.05, 0.1) is 19.4 Å². The topological polar surface area (TPSA) is 83.4 Å². The van der Waals surface area contributed by atoms with E-state index in [9.17, 15) is 9.59 Å². The highest BCUT2D eigenvalue weighted by Crippen LogP contribution is 2.21. The Labute approximate surface area is 139 Å². The van der Waals surface area contributed by atoms with E-state index in [1.54, 1.807) is 18.2 Å². The van der Waals surface area contributed by atoms with Gasteiger partial charge in [0.1, 0.15) is 5.76 Å². The van der Waals surface area contributed by atoms with Crippen LogP contribution in [0.3, 0.4) is 0 Å². The van der Waals surface area contributed by atoms with Crippen molar-refractivity contribution in [1.29, 1.82) is 0 Å². The summed E-state index contributed by atoms with van der Waals surface area (Å²) in [4.78, 5) is 23.3. The van der Waals surface area contributed by atoms with E-state index in [0.29, 0.717) is 10.8 Å². The van der Waals surface area contributed by atoms with Crippen LogP contribution in [0.2, 0.25) is 5.02 Å². The fourth-order valence-corrected chi connectivity index (χ4v) is 2.28. The highest BCUT2D eigenvalue weighted by Gasteiger charge is 2.12. The molecule has 0 aliphatic carbocycles. The van der Waals surface area contributed by atoms with E-state index in [0.717, 1.165) is 5.56 Å². The van der Waals surface area contributed by atoms with Gasteiger partial charge < -0.3 is 15.1 Å². The number of urea groups is 1. The molecule has 0 saturated heterocycles. The minimum Gasteiger partial charge on any atom is -0.467 e. The molecule has 0 bridgehead atoms. The van der Waals surface area contributed by atoms with Crippen LogP contribution in [0.4, 0.5) is 4.79 Å². The van der Waals surface area contributed by atoms with Crippen LogP contribution in [-0.2, 0) is 11.3 Å². The molecule has 0 unspecified atom stereocenters. The number of nitrogens with one attached hydrogen (secondary N) is 3. The Morgan fingerprint density at radius 3 is 2.70 bits per heavy atom. The van der Waals surface area contributed by atoms with Crippen molar-refractivity contribution in [1.82, 2.24) is 16.0 Å². The Bertz CT molecular complexity index is 658. The smallest absolute Gasteiger partial charge is 0.321 e. The van der Waals surface area contributed by atoms with E-state index in [2.05, 4.69) is 16.0 Å². The Balaban J connectivity index is 1.72. The highest BCUT2D eigenvalue weighted by molar-refractivity contribution is 6.31. The van der Waals surface area contributed by atoms with Crippen molar-refractivity contribution in [3.63, 3.8) is 0 Å². The lowest BCUT2D eigenvalue weighted by Crippen LogP contribution is -2.43. The number of hydrogen-bond donors (Lipinski definition) is 3. The fourth-order valence-electron chi connectivity index (χ4n) is 1.98. The number of furan rings is 1. The Morgan fingerprint density at radius 1 is 1.22 bits per heavy atom. The van der Waals surface area contributed by atoms with Crippen molar-refractivity contribution in [3.05, 3.63) is 59.0 Å². The molecule has 0 spiro atoms. The molecular formula is C16H18ClN3O3. The van der Waals surface area contributed by atoms with Crippen LogP contribution in [0.15, 0.2) is 47.1 Å². The van der Waals surface area contributed by atoms with Gasteiger partial charge in [-0.15, -0.1) is 0 Å². The maximum Gasteiger partial charge on any atom is 0.321 e. The largest absolute Gasteiger partial charge is 0.467 e. The van der Waals surface area contributed by atoms with Gasteiger partial charge in [-0.25, -0.2) is 4.79 Å². The van der Waals surface area contributed by atoms with E-state index in [1.807, 2.05) is 25.1 Å². The number of rotatable bonds is 6. The lowest BCUT2D eigenvalue weighted by Gasteiger charge is -2.15. The van der Waals surface area contributed by atoms with Gasteiger partial charge in [-0.1, -0.05) is 29.8 Å². The van der Waals surface area contributed by atoms with E-state index < -0.39 is 11.9 Å². The quantitative estimate of drug-likeness (QED) is 0.757.